The Labute approximate surface area is 200 Å². The highest BCUT2D eigenvalue weighted by molar-refractivity contribution is 5.80. The van der Waals surface area contributed by atoms with E-state index in [-0.39, 0.29) is 30.7 Å². The molecule has 0 atom stereocenters. The first-order valence-corrected chi connectivity index (χ1v) is 11.1. The Morgan fingerprint density at radius 2 is 1.91 bits per heavy atom. The first-order chi connectivity index (χ1) is 16.8. The highest BCUT2D eigenvalue weighted by atomic mass is 16.4. The van der Waals surface area contributed by atoms with Gasteiger partial charge in [0.2, 0.25) is 5.95 Å². The van der Waals surface area contributed by atoms with Crippen molar-refractivity contribution in [3.63, 3.8) is 0 Å². The smallest absolute Gasteiger partial charge is 0.332 e. The summed E-state index contributed by atoms with van der Waals surface area (Å²) in [6, 6.07) is 7.55. The van der Waals surface area contributed by atoms with Crippen LogP contribution in [0.15, 0.2) is 33.9 Å². The number of carboxylic acids is 1. The molecule has 0 aliphatic rings. The van der Waals surface area contributed by atoms with Gasteiger partial charge in [0.05, 0.1) is 18.6 Å². The predicted molar refractivity (Wildman–Crippen MR) is 131 cm³/mol. The number of carboxylic acid groups (broad SMARTS) is 1. The topological polar surface area (TPSA) is 137 Å². The Balaban J connectivity index is 1.82. The summed E-state index contributed by atoms with van der Waals surface area (Å²) in [6.07, 6.45) is 0.373. The first-order valence-electron chi connectivity index (χ1n) is 11.1. The van der Waals surface area contributed by atoms with Crippen LogP contribution in [-0.2, 0) is 24.9 Å². The van der Waals surface area contributed by atoms with Gasteiger partial charge < -0.3 is 10.4 Å². The maximum absolute atomic E-state index is 13.6. The molecular formula is C24H25N7O4. The lowest BCUT2D eigenvalue weighted by molar-refractivity contribution is -0.137. The number of nitrogens with one attached hydrogen (secondary N) is 1. The highest BCUT2D eigenvalue weighted by Crippen LogP contribution is 2.17. The van der Waals surface area contributed by atoms with E-state index in [2.05, 4.69) is 32.1 Å². The van der Waals surface area contributed by atoms with Gasteiger partial charge in [-0.05, 0) is 26.3 Å². The normalized spacial score (nSPS) is 10.9. The summed E-state index contributed by atoms with van der Waals surface area (Å²) in [5.41, 5.74) is 0.852. The third kappa shape index (κ3) is 4.63. The van der Waals surface area contributed by atoms with E-state index in [0.29, 0.717) is 24.7 Å². The number of imidazole rings is 1. The number of fused-ring (bicyclic) bond motifs is 2. The Morgan fingerprint density at radius 3 is 2.66 bits per heavy atom. The average Bonchev–Trinajstić information content (AvgIpc) is 3.20. The molecule has 3 aromatic heterocycles. The minimum absolute atomic E-state index is 0.00153. The summed E-state index contributed by atoms with van der Waals surface area (Å²) < 4.78 is 4.01. The monoisotopic (exact) mass is 475 g/mol. The van der Waals surface area contributed by atoms with Gasteiger partial charge in [-0.25, -0.2) is 14.8 Å². The summed E-state index contributed by atoms with van der Waals surface area (Å²) in [5, 5.41) is 12.8. The Kier molecular flexibility index (Phi) is 6.64. The average molecular weight is 476 g/mol. The maximum atomic E-state index is 13.6. The number of anilines is 1. The van der Waals surface area contributed by atoms with Crippen LogP contribution in [0, 0.1) is 18.8 Å². The van der Waals surface area contributed by atoms with Gasteiger partial charge in [-0.3, -0.25) is 23.3 Å². The third-order valence-electron chi connectivity index (χ3n) is 5.64. The second-order valence-electron chi connectivity index (χ2n) is 8.02. The summed E-state index contributed by atoms with van der Waals surface area (Å²) in [6.45, 7) is 3.96. The van der Waals surface area contributed by atoms with Crippen LogP contribution in [0.2, 0.25) is 0 Å². The van der Waals surface area contributed by atoms with E-state index in [9.17, 15) is 14.4 Å². The zero-order valence-corrected chi connectivity index (χ0v) is 19.7. The van der Waals surface area contributed by atoms with Crippen molar-refractivity contribution in [3.8, 4) is 11.8 Å². The number of aromatic nitrogens is 6. The summed E-state index contributed by atoms with van der Waals surface area (Å²) >= 11 is 0. The van der Waals surface area contributed by atoms with E-state index in [0.717, 1.165) is 21.2 Å². The van der Waals surface area contributed by atoms with Crippen molar-refractivity contribution in [3.05, 3.63) is 56.6 Å². The molecule has 0 spiro atoms. The van der Waals surface area contributed by atoms with Crippen molar-refractivity contribution in [1.82, 2.24) is 28.7 Å². The van der Waals surface area contributed by atoms with Crippen molar-refractivity contribution < 1.29 is 9.90 Å². The van der Waals surface area contributed by atoms with E-state index >= 15 is 0 Å². The minimum atomic E-state index is -0.895. The molecule has 4 rings (SSSR count). The van der Waals surface area contributed by atoms with Crippen LogP contribution in [0.25, 0.3) is 22.1 Å². The number of rotatable bonds is 8. The maximum Gasteiger partial charge on any atom is 0.332 e. The van der Waals surface area contributed by atoms with Crippen LogP contribution in [0.4, 0.5) is 5.95 Å². The van der Waals surface area contributed by atoms with Gasteiger partial charge in [0.25, 0.3) is 5.56 Å². The molecule has 1 aromatic carbocycles. The van der Waals surface area contributed by atoms with Crippen LogP contribution in [0.5, 0.6) is 0 Å². The lowest BCUT2D eigenvalue weighted by Gasteiger charge is -2.10. The van der Waals surface area contributed by atoms with E-state index in [1.54, 1.807) is 18.5 Å². The molecule has 35 heavy (non-hydrogen) atoms. The van der Waals surface area contributed by atoms with Crippen molar-refractivity contribution in [2.45, 2.75) is 39.8 Å². The Hall–Kier alpha value is -4.46. The minimum Gasteiger partial charge on any atom is -0.481 e. The molecule has 4 aromatic rings. The Morgan fingerprint density at radius 1 is 1.14 bits per heavy atom. The molecule has 0 aliphatic carbocycles. The summed E-state index contributed by atoms with van der Waals surface area (Å²) in [7, 11) is 1.55. The molecule has 0 fully saturated rings. The second-order valence-corrected chi connectivity index (χ2v) is 8.02. The molecule has 3 heterocycles. The molecule has 11 heteroatoms. The molecule has 0 saturated heterocycles. The number of para-hydroxylation sites is 1. The van der Waals surface area contributed by atoms with E-state index in [1.165, 1.54) is 4.57 Å². The van der Waals surface area contributed by atoms with Gasteiger partial charge in [-0.2, -0.15) is 4.98 Å². The van der Waals surface area contributed by atoms with Crippen molar-refractivity contribution >= 4 is 34.0 Å². The third-order valence-corrected chi connectivity index (χ3v) is 5.64. The number of nitrogens with zero attached hydrogens (tertiary/aromatic N) is 6. The standard InChI is InChI=1S/C24H25N7O4/c1-4-5-13-30-20-21(28-23(30)25-12-8-11-19(32)33)29(3)24(35)31(22(20)34)14-18-26-15(2)16-9-6-7-10-17(16)27-18/h6-7,9-10H,8,11-14H2,1-3H3,(H,25,28)(H,32,33). The van der Waals surface area contributed by atoms with Crippen LogP contribution in [0.1, 0.15) is 31.3 Å². The van der Waals surface area contributed by atoms with Gasteiger partial charge in [-0.15, -0.1) is 5.92 Å². The quantitative estimate of drug-likeness (QED) is 0.289. The molecule has 2 N–H and O–H groups in total. The number of aryl methyl sites for hydroxylation is 2. The molecule has 180 valence electrons. The van der Waals surface area contributed by atoms with E-state index < -0.39 is 17.2 Å². The van der Waals surface area contributed by atoms with Crippen LogP contribution < -0.4 is 16.6 Å². The zero-order chi connectivity index (χ0) is 25.1. The zero-order valence-electron chi connectivity index (χ0n) is 19.7. The molecule has 0 amide bonds. The lowest BCUT2D eigenvalue weighted by Crippen LogP contribution is -2.40. The van der Waals surface area contributed by atoms with E-state index in [4.69, 9.17) is 5.11 Å². The van der Waals surface area contributed by atoms with Crippen molar-refractivity contribution in [2.75, 3.05) is 11.9 Å². The fourth-order valence-electron chi connectivity index (χ4n) is 3.90. The van der Waals surface area contributed by atoms with E-state index in [1.807, 2.05) is 31.2 Å². The van der Waals surface area contributed by atoms with Gasteiger partial charge in [0.15, 0.2) is 11.2 Å². The fourth-order valence-corrected chi connectivity index (χ4v) is 3.90. The Bertz CT molecular complexity index is 1620. The molecule has 0 radical (unpaired) electrons. The molecule has 0 unspecified atom stereocenters. The van der Waals surface area contributed by atoms with Crippen LogP contribution >= 0.6 is 0 Å². The van der Waals surface area contributed by atoms with Crippen LogP contribution in [-0.4, -0.2) is 46.3 Å². The number of hydrogen-bond acceptors (Lipinski definition) is 7. The van der Waals surface area contributed by atoms with Gasteiger partial charge in [-0.1, -0.05) is 24.1 Å². The largest absolute Gasteiger partial charge is 0.481 e. The number of benzene rings is 1. The molecule has 0 aliphatic heterocycles. The van der Waals surface area contributed by atoms with Gasteiger partial charge >= 0.3 is 11.7 Å². The molecular weight excluding hydrogens is 450 g/mol. The molecule has 0 bridgehead atoms. The first kappa shape index (κ1) is 23.7. The fraction of sp³-hybridized carbons (Fsp3) is 0.333. The molecule has 0 saturated carbocycles. The predicted octanol–water partition coefficient (Wildman–Crippen LogP) is 1.50. The number of hydrogen-bond donors (Lipinski definition) is 2. The van der Waals surface area contributed by atoms with Crippen LogP contribution in [0.3, 0.4) is 0 Å². The number of carbonyl (C=O) groups is 1. The van der Waals surface area contributed by atoms with Gasteiger partial charge in [0, 0.05) is 31.1 Å². The number of aliphatic carboxylic acids is 1. The second kappa shape index (κ2) is 9.80. The van der Waals surface area contributed by atoms with Crippen molar-refractivity contribution in [1.29, 1.82) is 0 Å². The highest BCUT2D eigenvalue weighted by Gasteiger charge is 2.21. The lowest BCUT2D eigenvalue weighted by atomic mass is 10.2. The van der Waals surface area contributed by atoms with Gasteiger partial charge in [0.1, 0.15) is 5.82 Å². The molecule has 11 nitrogen and oxygen atoms in total. The summed E-state index contributed by atoms with van der Waals surface area (Å²) in [4.78, 5) is 51.0. The SMILES string of the molecule is CC#CCn1c(NCCCC(=O)O)nc2c1c(=O)n(Cc1nc(C)c3ccccc3n1)c(=O)n2C. The summed E-state index contributed by atoms with van der Waals surface area (Å²) in [5.74, 6) is 5.53. The van der Waals surface area contributed by atoms with Crippen molar-refractivity contribution in [2.24, 2.45) is 7.05 Å².